The number of hydrogen-bond donors (Lipinski definition) is 1. The van der Waals surface area contributed by atoms with Crippen molar-refractivity contribution in [3.8, 4) is 0 Å². The van der Waals surface area contributed by atoms with Crippen LogP contribution in [0.1, 0.15) is 38.5 Å². The third-order valence-corrected chi connectivity index (χ3v) is 5.13. The molecular formula is C12H24N2S. The molecule has 2 aliphatic rings. The van der Waals surface area contributed by atoms with Gasteiger partial charge in [0, 0.05) is 18.1 Å². The highest BCUT2D eigenvalue weighted by Gasteiger charge is 2.27. The van der Waals surface area contributed by atoms with Crippen LogP contribution in [0, 0.1) is 0 Å². The second-order valence-corrected chi connectivity index (χ2v) is 6.30. The number of nitrogens with zero attached hydrogens (tertiary/aromatic N) is 1. The summed E-state index contributed by atoms with van der Waals surface area (Å²) >= 11 is 2.12. The summed E-state index contributed by atoms with van der Waals surface area (Å²) in [5, 5.41) is 0. The lowest BCUT2D eigenvalue weighted by atomic mass is 9.90. The highest BCUT2D eigenvalue weighted by molar-refractivity contribution is 7.99. The van der Waals surface area contributed by atoms with Gasteiger partial charge in [0.15, 0.2) is 0 Å². The zero-order valence-electron chi connectivity index (χ0n) is 9.82. The van der Waals surface area contributed by atoms with E-state index in [-0.39, 0.29) is 0 Å². The number of thioether (sulfide) groups is 1. The van der Waals surface area contributed by atoms with Crippen LogP contribution in [0.3, 0.4) is 0 Å². The summed E-state index contributed by atoms with van der Waals surface area (Å²) in [6.45, 7) is 0. The van der Waals surface area contributed by atoms with Crippen molar-refractivity contribution in [2.24, 2.45) is 5.73 Å². The van der Waals surface area contributed by atoms with Crippen molar-refractivity contribution in [3.05, 3.63) is 0 Å². The van der Waals surface area contributed by atoms with Crippen molar-refractivity contribution < 1.29 is 0 Å². The van der Waals surface area contributed by atoms with Crippen LogP contribution in [0.5, 0.6) is 0 Å². The van der Waals surface area contributed by atoms with Gasteiger partial charge in [0.2, 0.25) is 0 Å². The van der Waals surface area contributed by atoms with Crippen molar-refractivity contribution in [2.75, 3.05) is 18.6 Å². The van der Waals surface area contributed by atoms with E-state index in [1.165, 1.54) is 50.0 Å². The quantitative estimate of drug-likeness (QED) is 0.784. The molecule has 1 saturated carbocycles. The van der Waals surface area contributed by atoms with Gasteiger partial charge in [0.05, 0.1) is 0 Å². The van der Waals surface area contributed by atoms with Crippen molar-refractivity contribution in [2.45, 2.75) is 56.7 Å². The SMILES string of the molecule is CN(C1CCSCC1)C1CCC(N)CC1. The van der Waals surface area contributed by atoms with Crippen molar-refractivity contribution >= 4 is 11.8 Å². The summed E-state index contributed by atoms with van der Waals surface area (Å²) in [4.78, 5) is 2.66. The standard InChI is InChI=1S/C12H24N2S/c1-14(12-6-8-15-9-7-12)11-4-2-10(13)3-5-11/h10-12H,2-9,13H2,1H3. The fourth-order valence-corrected chi connectivity index (χ4v) is 3.98. The maximum Gasteiger partial charge on any atom is 0.0111 e. The fourth-order valence-electron chi connectivity index (χ4n) is 2.90. The first-order valence-electron chi connectivity index (χ1n) is 6.32. The molecule has 0 aromatic rings. The third kappa shape index (κ3) is 3.11. The van der Waals surface area contributed by atoms with E-state index in [0.29, 0.717) is 6.04 Å². The Labute approximate surface area is 98.0 Å². The molecule has 0 unspecified atom stereocenters. The molecule has 3 heteroatoms. The molecule has 2 nitrogen and oxygen atoms in total. The first-order valence-corrected chi connectivity index (χ1v) is 7.48. The Hall–Kier alpha value is 0.270. The third-order valence-electron chi connectivity index (χ3n) is 4.08. The summed E-state index contributed by atoms with van der Waals surface area (Å²) in [5.41, 5.74) is 5.95. The number of nitrogens with two attached hydrogens (primary N) is 1. The second kappa shape index (κ2) is 5.55. The molecule has 0 aromatic carbocycles. The van der Waals surface area contributed by atoms with E-state index in [1.807, 2.05) is 0 Å². The van der Waals surface area contributed by atoms with E-state index < -0.39 is 0 Å². The van der Waals surface area contributed by atoms with E-state index in [4.69, 9.17) is 5.73 Å². The van der Waals surface area contributed by atoms with Crippen LogP contribution in [0.4, 0.5) is 0 Å². The number of hydrogen-bond acceptors (Lipinski definition) is 3. The summed E-state index contributed by atoms with van der Waals surface area (Å²) < 4.78 is 0. The molecule has 1 heterocycles. The zero-order valence-corrected chi connectivity index (χ0v) is 10.6. The Kier molecular flexibility index (Phi) is 4.35. The molecule has 0 bridgehead atoms. The summed E-state index contributed by atoms with van der Waals surface area (Å²) in [6.07, 6.45) is 7.89. The molecule has 2 fully saturated rings. The van der Waals surface area contributed by atoms with Crippen LogP contribution in [0.25, 0.3) is 0 Å². The first-order chi connectivity index (χ1) is 7.27. The minimum Gasteiger partial charge on any atom is -0.328 e. The van der Waals surface area contributed by atoms with Gasteiger partial charge in [0.1, 0.15) is 0 Å². The molecule has 1 aliphatic heterocycles. The molecule has 0 spiro atoms. The maximum atomic E-state index is 5.95. The number of rotatable bonds is 2. The van der Waals surface area contributed by atoms with Gasteiger partial charge in [-0.05, 0) is 57.1 Å². The van der Waals surface area contributed by atoms with Crippen molar-refractivity contribution in [1.82, 2.24) is 4.90 Å². The average Bonchev–Trinajstić information content (AvgIpc) is 2.30. The lowest BCUT2D eigenvalue weighted by Crippen LogP contribution is -2.45. The van der Waals surface area contributed by atoms with Gasteiger partial charge in [-0.1, -0.05) is 0 Å². The molecule has 2 rings (SSSR count). The highest BCUT2D eigenvalue weighted by atomic mass is 32.2. The molecule has 0 radical (unpaired) electrons. The van der Waals surface area contributed by atoms with E-state index in [2.05, 4.69) is 23.7 Å². The van der Waals surface area contributed by atoms with Gasteiger partial charge < -0.3 is 10.6 Å². The topological polar surface area (TPSA) is 29.3 Å². The van der Waals surface area contributed by atoms with Crippen LogP contribution in [-0.4, -0.2) is 41.6 Å². The molecule has 0 aromatic heterocycles. The Morgan fingerprint density at radius 1 is 0.933 bits per heavy atom. The Morgan fingerprint density at radius 2 is 1.47 bits per heavy atom. The summed E-state index contributed by atoms with van der Waals surface area (Å²) in [5.74, 6) is 2.72. The Balaban J connectivity index is 1.81. The van der Waals surface area contributed by atoms with Gasteiger partial charge in [0.25, 0.3) is 0 Å². The Bertz CT molecular complexity index is 184. The smallest absolute Gasteiger partial charge is 0.0111 e. The maximum absolute atomic E-state index is 5.95. The lowest BCUT2D eigenvalue weighted by molar-refractivity contribution is 0.125. The predicted octanol–water partition coefficient (Wildman–Crippen LogP) is 2.08. The summed E-state index contributed by atoms with van der Waals surface area (Å²) in [6, 6.07) is 2.15. The molecule has 1 saturated heterocycles. The van der Waals surface area contributed by atoms with Crippen LogP contribution < -0.4 is 5.73 Å². The zero-order chi connectivity index (χ0) is 10.7. The van der Waals surface area contributed by atoms with Crippen molar-refractivity contribution in [1.29, 1.82) is 0 Å². The largest absolute Gasteiger partial charge is 0.328 e. The van der Waals surface area contributed by atoms with E-state index in [1.54, 1.807) is 0 Å². The van der Waals surface area contributed by atoms with E-state index in [0.717, 1.165) is 12.1 Å². The van der Waals surface area contributed by atoms with Gasteiger partial charge >= 0.3 is 0 Å². The molecule has 15 heavy (non-hydrogen) atoms. The lowest BCUT2D eigenvalue weighted by Gasteiger charge is -2.40. The van der Waals surface area contributed by atoms with Gasteiger partial charge in [-0.15, -0.1) is 0 Å². The fraction of sp³-hybridized carbons (Fsp3) is 1.00. The Morgan fingerprint density at radius 3 is 2.07 bits per heavy atom. The normalized spacial score (nSPS) is 34.6. The molecule has 88 valence electrons. The second-order valence-electron chi connectivity index (χ2n) is 5.08. The molecule has 1 aliphatic carbocycles. The predicted molar refractivity (Wildman–Crippen MR) is 68.3 cm³/mol. The molecular weight excluding hydrogens is 204 g/mol. The van der Waals surface area contributed by atoms with E-state index in [9.17, 15) is 0 Å². The minimum absolute atomic E-state index is 0.483. The van der Waals surface area contributed by atoms with Crippen LogP contribution in [-0.2, 0) is 0 Å². The van der Waals surface area contributed by atoms with Crippen molar-refractivity contribution in [3.63, 3.8) is 0 Å². The van der Waals surface area contributed by atoms with Gasteiger partial charge in [-0.2, -0.15) is 11.8 Å². The molecule has 0 atom stereocenters. The van der Waals surface area contributed by atoms with Crippen LogP contribution in [0.2, 0.25) is 0 Å². The highest BCUT2D eigenvalue weighted by Crippen LogP contribution is 2.27. The monoisotopic (exact) mass is 228 g/mol. The van der Waals surface area contributed by atoms with Gasteiger partial charge in [-0.25, -0.2) is 0 Å². The first kappa shape index (κ1) is 11.7. The molecule has 0 amide bonds. The average molecular weight is 228 g/mol. The summed E-state index contributed by atoms with van der Waals surface area (Å²) in [7, 11) is 2.34. The van der Waals surface area contributed by atoms with Crippen LogP contribution >= 0.6 is 11.8 Å². The van der Waals surface area contributed by atoms with E-state index >= 15 is 0 Å². The van der Waals surface area contributed by atoms with Crippen LogP contribution in [0.15, 0.2) is 0 Å². The molecule has 2 N–H and O–H groups in total. The van der Waals surface area contributed by atoms with Gasteiger partial charge in [-0.3, -0.25) is 0 Å². The minimum atomic E-state index is 0.483.